The van der Waals surface area contributed by atoms with Gasteiger partial charge in [0, 0.05) is 0 Å². The van der Waals surface area contributed by atoms with Gasteiger partial charge in [0.15, 0.2) is 18.1 Å². The second-order valence-electron chi connectivity index (χ2n) is 5.75. The summed E-state index contributed by atoms with van der Waals surface area (Å²) in [6.45, 7) is 6.29. The van der Waals surface area contributed by atoms with Crippen LogP contribution in [0.2, 0.25) is 0 Å². The molecule has 0 atom stereocenters. The summed E-state index contributed by atoms with van der Waals surface area (Å²) < 4.78 is 16.2. The third-order valence-electron chi connectivity index (χ3n) is 3.46. The Balaban J connectivity index is 1.89. The first-order valence-electron chi connectivity index (χ1n) is 8.35. The van der Waals surface area contributed by atoms with Crippen LogP contribution in [0.25, 0.3) is 0 Å². The van der Waals surface area contributed by atoms with Crippen molar-refractivity contribution < 1.29 is 19.0 Å². The average molecular weight is 356 g/mol. The molecule has 1 amide bonds. The highest BCUT2D eigenvalue weighted by atomic mass is 16.5. The lowest BCUT2D eigenvalue weighted by molar-refractivity contribution is -0.123. The fourth-order valence-corrected chi connectivity index (χ4v) is 2.42. The molecule has 2 aromatic carbocycles. The quantitative estimate of drug-likeness (QED) is 0.582. The largest absolute Gasteiger partial charge is 0.493 e. The summed E-state index contributed by atoms with van der Waals surface area (Å²) in [5, 5.41) is 3.94. The van der Waals surface area contributed by atoms with Crippen molar-refractivity contribution in [3.63, 3.8) is 0 Å². The first kappa shape index (κ1) is 19.3. The number of hydrazone groups is 1. The lowest BCUT2D eigenvalue weighted by atomic mass is 10.1. The van der Waals surface area contributed by atoms with Crippen molar-refractivity contribution in [2.24, 2.45) is 5.10 Å². The van der Waals surface area contributed by atoms with Gasteiger partial charge in [-0.15, -0.1) is 0 Å². The van der Waals surface area contributed by atoms with Crippen molar-refractivity contribution in [1.29, 1.82) is 0 Å². The highest BCUT2D eigenvalue weighted by Gasteiger charge is 2.05. The Hall–Kier alpha value is -3.02. The molecule has 138 valence electrons. The molecule has 0 saturated carbocycles. The number of carbonyl (C=O) groups is 1. The highest BCUT2D eigenvalue weighted by molar-refractivity contribution is 5.83. The molecular weight excluding hydrogens is 332 g/mol. The third-order valence-corrected chi connectivity index (χ3v) is 3.46. The molecule has 2 aromatic rings. The molecule has 0 aliphatic carbocycles. The first-order chi connectivity index (χ1) is 12.5. The Bertz CT molecular complexity index is 767. The fourth-order valence-electron chi connectivity index (χ4n) is 2.42. The van der Waals surface area contributed by atoms with Crippen LogP contribution in [0.4, 0.5) is 0 Å². The molecule has 0 aliphatic rings. The third kappa shape index (κ3) is 5.81. The topological polar surface area (TPSA) is 69.2 Å². The van der Waals surface area contributed by atoms with E-state index in [1.807, 2.05) is 45.0 Å². The van der Waals surface area contributed by atoms with Crippen LogP contribution in [0.5, 0.6) is 17.2 Å². The van der Waals surface area contributed by atoms with E-state index in [2.05, 4.69) is 10.5 Å². The summed E-state index contributed by atoms with van der Waals surface area (Å²) in [5.74, 6) is 1.61. The molecule has 0 fully saturated rings. The van der Waals surface area contributed by atoms with Crippen molar-refractivity contribution >= 4 is 12.1 Å². The van der Waals surface area contributed by atoms with Crippen LogP contribution in [0.3, 0.4) is 0 Å². The number of nitrogens with one attached hydrogen (secondary N) is 1. The Morgan fingerprint density at radius 2 is 1.81 bits per heavy atom. The minimum atomic E-state index is -0.334. The number of aryl methyl sites for hydroxylation is 2. The van der Waals surface area contributed by atoms with E-state index < -0.39 is 0 Å². The molecule has 6 nitrogen and oxygen atoms in total. The number of carbonyl (C=O) groups excluding carboxylic acids is 1. The second-order valence-corrected chi connectivity index (χ2v) is 5.75. The number of nitrogens with zero attached hydrogens (tertiary/aromatic N) is 1. The van der Waals surface area contributed by atoms with Gasteiger partial charge in [-0.1, -0.05) is 6.07 Å². The smallest absolute Gasteiger partial charge is 0.277 e. The Morgan fingerprint density at radius 1 is 1.08 bits per heavy atom. The molecule has 0 bridgehead atoms. The predicted octanol–water partition coefficient (Wildman–Crippen LogP) is 3.24. The lowest BCUT2D eigenvalue weighted by Crippen LogP contribution is -2.24. The van der Waals surface area contributed by atoms with E-state index in [-0.39, 0.29) is 12.5 Å². The molecule has 0 saturated heterocycles. The Morgan fingerprint density at radius 3 is 2.46 bits per heavy atom. The van der Waals surface area contributed by atoms with Crippen LogP contribution >= 0.6 is 0 Å². The Labute approximate surface area is 153 Å². The number of rotatable bonds is 8. The van der Waals surface area contributed by atoms with Crippen molar-refractivity contribution in [2.45, 2.75) is 20.8 Å². The van der Waals surface area contributed by atoms with Gasteiger partial charge in [0.2, 0.25) is 0 Å². The van der Waals surface area contributed by atoms with Gasteiger partial charge >= 0.3 is 0 Å². The maximum absolute atomic E-state index is 11.9. The number of hydrogen-bond acceptors (Lipinski definition) is 5. The number of methoxy groups -OCH3 is 1. The SMILES string of the molecule is CCOc1cc(/C=N\NC(=O)COc2cc(C)cc(C)c2)ccc1OC. The number of ether oxygens (including phenoxy) is 3. The average Bonchev–Trinajstić information content (AvgIpc) is 2.60. The molecule has 2 rings (SSSR count). The molecule has 0 aromatic heterocycles. The van der Waals surface area contributed by atoms with Gasteiger partial charge in [0.1, 0.15) is 5.75 Å². The van der Waals surface area contributed by atoms with E-state index >= 15 is 0 Å². The van der Waals surface area contributed by atoms with Gasteiger partial charge in [-0.25, -0.2) is 5.43 Å². The molecule has 0 unspecified atom stereocenters. The number of amides is 1. The van der Waals surface area contributed by atoms with E-state index in [0.29, 0.717) is 23.9 Å². The number of hydrogen-bond donors (Lipinski definition) is 1. The fraction of sp³-hybridized carbons (Fsp3) is 0.300. The maximum Gasteiger partial charge on any atom is 0.277 e. The minimum Gasteiger partial charge on any atom is -0.493 e. The number of benzene rings is 2. The zero-order valence-electron chi connectivity index (χ0n) is 15.5. The van der Waals surface area contributed by atoms with Gasteiger partial charge in [0.05, 0.1) is 19.9 Å². The van der Waals surface area contributed by atoms with Gasteiger partial charge in [0.25, 0.3) is 5.91 Å². The van der Waals surface area contributed by atoms with Crippen molar-refractivity contribution in [1.82, 2.24) is 5.43 Å². The van der Waals surface area contributed by atoms with Gasteiger partial charge in [-0.05, 0) is 67.8 Å². The van der Waals surface area contributed by atoms with Crippen LogP contribution in [0.1, 0.15) is 23.6 Å². The van der Waals surface area contributed by atoms with E-state index in [1.54, 1.807) is 19.2 Å². The van der Waals surface area contributed by atoms with Gasteiger partial charge in [-0.3, -0.25) is 4.79 Å². The molecular formula is C20H24N2O4. The first-order valence-corrected chi connectivity index (χ1v) is 8.35. The van der Waals surface area contributed by atoms with Crippen molar-refractivity contribution in [3.8, 4) is 17.2 Å². The summed E-state index contributed by atoms with van der Waals surface area (Å²) >= 11 is 0. The minimum absolute atomic E-state index is 0.104. The van der Waals surface area contributed by atoms with Crippen LogP contribution < -0.4 is 19.6 Å². The normalized spacial score (nSPS) is 10.6. The Kier molecular flexibility index (Phi) is 7.02. The summed E-state index contributed by atoms with van der Waals surface area (Å²) in [4.78, 5) is 11.9. The van der Waals surface area contributed by atoms with Crippen LogP contribution in [-0.4, -0.2) is 32.4 Å². The van der Waals surface area contributed by atoms with Gasteiger partial charge in [-0.2, -0.15) is 5.10 Å². The lowest BCUT2D eigenvalue weighted by Gasteiger charge is -2.09. The van der Waals surface area contributed by atoms with Crippen LogP contribution in [0, 0.1) is 13.8 Å². The molecule has 1 N–H and O–H groups in total. The zero-order valence-corrected chi connectivity index (χ0v) is 15.5. The van der Waals surface area contributed by atoms with Crippen LogP contribution in [0.15, 0.2) is 41.5 Å². The predicted molar refractivity (Wildman–Crippen MR) is 101 cm³/mol. The molecule has 0 heterocycles. The van der Waals surface area contributed by atoms with Crippen LogP contribution in [-0.2, 0) is 4.79 Å². The van der Waals surface area contributed by atoms with Gasteiger partial charge < -0.3 is 14.2 Å². The summed E-state index contributed by atoms with van der Waals surface area (Å²) in [6.07, 6.45) is 1.54. The summed E-state index contributed by atoms with van der Waals surface area (Å²) in [6, 6.07) is 11.2. The molecule has 0 aliphatic heterocycles. The van der Waals surface area contributed by atoms with E-state index in [4.69, 9.17) is 14.2 Å². The van der Waals surface area contributed by atoms with E-state index in [0.717, 1.165) is 16.7 Å². The highest BCUT2D eigenvalue weighted by Crippen LogP contribution is 2.27. The second kappa shape index (κ2) is 9.46. The van der Waals surface area contributed by atoms with Crippen molar-refractivity contribution in [2.75, 3.05) is 20.3 Å². The van der Waals surface area contributed by atoms with E-state index in [1.165, 1.54) is 6.21 Å². The summed E-state index contributed by atoms with van der Waals surface area (Å²) in [5.41, 5.74) is 5.40. The monoisotopic (exact) mass is 356 g/mol. The maximum atomic E-state index is 11.9. The summed E-state index contributed by atoms with van der Waals surface area (Å²) in [7, 11) is 1.58. The van der Waals surface area contributed by atoms with Crippen molar-refractivity contribution in [3.05, 3.63) is 53.1 Å². The zero-order chi connectivity index (χ0) is 18.9. The standard InChI is InChI=1S/C20H24N2O4/c1-5-25-19-11-16(6-7-18(19)24-4)12-21-22-20(23)13-26-17-9-14(2)8-15(3)10-17/h6-12H,5,13H2,1-4H3,(H,22,23)/b21-12-. The molecule has 6 heteroatoms. The molecule has 0 spiro atoms. The molecule has 26 heavy (non-hydrogen) atoms. The molecule has 0 radical (unpaired) electrons. The van der Waals surface area contributed by atoms with E-state index in [9.17, 15) is 4.79 Å².